The first kappa shape index (κ1) is 22.1. The zero-order chi connectivity index (χ0) is 21.8. The minimum atomic E-state index is -0.542. The van der Waals surface area contributed by atoms with Crippen LogP contribution in [0, 0.1) is 0 Å². The van der Waals surface area contributed by atoms with Crippen molar-refractivity contribution in [3.8, 4) is 5.75 Å². The average Bonchev–Trinajstić information content (AvgIpc) is 2.93. The van der Waals surface area contributed by atoms with Crippen molar-refractivity contribution in [2.75, 3.05) is 6.61 Å². The van der Waals surface area contributed by atoms with Gasteiger partial charge in [-0.05, 0) is 69.4 Å². The highest BCUT2D eigenvalue weighted by molar-refractivity contribution is 6.63. The number of benzene rings is 2. The second-order valence-corrected chi connectivity index (χ2v) is 8.24. The van der Waals surface area contributed by atoms with Crippen molar-refractivity contribution in [3.63, 3.8) is 0 Å². The van der Waals surface area contributed by atoms with Crippen LogP contribution >= 0.6 is 0 Å². The summed E-state index contributed by atoms with van der Waals surface area (Å²) < 4.78 is 23.4. The Kier molecular flexibility index (Phi) is 6.69. The van der Waals surface area contributed by atoms with Gasteiger partial charge in [0.1, 0.15) is 12.4 Å². The zero-order valence-corrected chi connectivity index (χ0v) is 18.3. The van der Waals surface area contributed by atoms with Crippen LogP contribution in [0.5, 0.6) is 5.75 Å². The smallest absolute Gasteiger partial charge is 0.489 e. The lowest BCUT2D eigenvalue weighted by Crippen LogP contribution is -2.41. The normalized spacial score (nSPS) is 17.3. The lowest BCUT2D eigenvalue weighted by atomic mass is 9.75. The van der Waals surface area contributed by atoms with Crippen molar-refractivity contribution in [1.29, 1.82) is 0 Å². The maximum atomic E-state index is 11.8. The van der Waals surface area contributed by atoms with Gasteiger partial charge in [0.25, 0.3) is 0 Å². The van der Waals surface area contributed by atoms with E-state index in [-0.39, 0.29) is 0 Å². The quantitative estimate of drug-likeness (QED) is 0.392. The van der Waals surface area contributed by atoms with Crippen molar-refractivity contribution in [2.45, 2.75) is 52.4 Å². The molecule has 1 aliphatic heterocycles. The van der Waals surface area contributed by atoms with Gasteiger partial charge in [-0.15, -0.1) is 0 Å². The van der Waals surface area contributed by atoms with Crippen LogP contribution in [0.3, 0.4) is 0 Å². The van der Waals surface area contributed by atoms with Gasteiger partial charge in [-0.2, -0.15) is 0 Å². The zero-order valence-electron chi connectivity index (χ0n) is 18.3. The largest absolute Gasteiger partial charge is 0.495 e. The Balaban J connectivity index is 1.87. The van der Waals surface area contributed by atoms with E-state index in [4.69, 9.17) is 18.8 Å². The molecule has 0 amide bonds. The molecule has 0 spiro atoms. The summed E-state index contributed by atoms with van der Waals surface area (Å²) in [4.78, 5) is 11.8. The van der Waals surface area contributed by atoms with Crippen molar-refractivity contribution in [2.24, 2.45) is 0 Å². The molecule has 5 nitrogen and oxygen atoms in total. The molecule has 1 saturated heterocycles. The van der Waals surface area contributed by atoms with E-state index in [1.165, 1.54) is 6.08 Å². The Hall–Kier alpha value is -2.57. The molecule has 0 bridgehead atoms. The molecule has 30 heavy (non-hydrogen) atoms. The van der Waals surface area contributed by atoms with E-state index < -0.39 is 24.3 Å². The summed E-state index contributed by atoms with van der Waals surface area (Å²) in [5, 5.41) is 0. The first-order valence-electron chi connectivity index (χ1n) is 10.2. The van der Waals surface area contributed by atoms with Gasteiger partial charge < -0.3 is 18.8 Å². The molecule has 0 aromatic heterocycles. The molecule has 158 valence electrons. The molecule has 0 aliphatic carbocycles. The molecule has 3 rings (SSSR count). The highest BCUT2D eigenvalue weighted by atomic mass is 16.7. The molecule has 1 fully saturated rings. The predicted octanol–water partition coefficient (Wildman–Crippen LogP) is 4.14. The first-order chi connectivity index (χ1) is 14.2. The summed E-state index contributed by atoms with van der Waals surface area (Å²) in [5.41, 5.74) is 1.79. The second-order valence-electron chi connectivity index (χ2n) is 8.24. The number of rotatable bonds is 7. The molecule has 1 heterocycles. The minimum Gasteiger partial charge on any atom is -0.489 e. The fourth-order valence-corrected chi connectivity index (χ4v) is 3.06. The predicted molar refractivity (Wildman–Crippen MR) is 119 cm³/mol. The van der Waals surface area contributed by atoms with E-state index in [2.05, 4.69) is 0 Å². The maximum absolute atomic E-state index is 11.8. The molecular formula is C24H29BO5. The number of carbonyl (C=O) groups excluding carboxylic acids is 1. The van der Waals surface area contributed by atoms with Crippen molar-refractivity contribution in [1.82, 2.24) is 0 Å². The number of hydrogen-bond acceptors (Lipinski definition) is 5. The fourth-order valence-electron chi connectivity index (χ4n) is 3.06. The number of ether oxygens (including phenoxy) is 2. The van der Waals surface area contributed by atoms with Gasteiger partial charge >= 0.3 is 13.1 Å². The van der Waals surface area contributed by atoms with Crippen molar-refractivity contribution < 1.29 is 23.6 Å². The van der Waals surface area contributed by atoms with Crippen LogP contribution in [0.1, 0.15) is 45.7 Å². The third kappa shape index (κ3) is 5.13. The van der Waals surface area contributed by atoms with Gasteiger partial charge in [0.05, 0.1) is 17.8 Å². The molecule has 0 radical (unpaired) electrons. The van der Waals surface area contributed by atoms with E-state index in [1.54, 1.807) is 13.0 Å². The van der Waals surface area contributed by atoms with Crippen LogP contribution in [-0.2, 0) is 25.4 Å². The monoisotopic (exact) mass is 408 g/mol. The molecule has 0 unspecified atom stereocenters. The van der Waals surface area contributed by atoms with Crippen LogP contribution in [-0.4, -0.2) is 30.9 Å². The summed E-state index contributed by atoms with van der Waals surface area (Å²) in [5.74, 6) is 0.301. The van der Waals surface area contributed by atoms with E-state index in [1.807, 2.05) is 76.2 Å². The summed E-state index contributed by atoms with van der Waals surface area (Å²) in [6.45, 7) is 10.6. The molecule has 2 aromatic rings. The molecule has 1 aliphatic rings. The van der Waals surface area contributed by atoms with Gasteiger partial charge in [0.2, 0.25) is 0 Å². The lowest BCUT2D eigenvalue weighted by molar-refractivity contribution is -0.137. The minimum absolute atomic E-state index is 0.327. The van der Waals surface area contributed by atoms with Gasteiger partial charge in [0, 0.05) is 6.08 Å². The molecule has 6 heteroatoms. The van der Waals surface area contributed by atoms with E-state index in [0.717, 1.165) is 16.6 Å². The summed E-state index contributed by atoms with van der Waals surface area (Å²) in [7, 11) is -0.542. The topological polar surface area (TPSA) is 54.0 Å². The Morgan fingerprint density at radius 1 is 1.03 bits per heavy atom. The summed E-state index contributed by atoms with van der Waals surface area (Å²) >= 11 is 0. The number of carbonyl (C=O) groups is 1. The van der Waals surface area contributed by atoms with Crippen molar-refractivity contribution >= 4 is 24.6 Å². The summed E-state index contributed by atoms with van der Waals surface area (Å²) in [6.07, 6.45) is 3.13. The maximum Gasteiger partial charge on any atom is 0.495 e. The van der Waals surface area contributed by atoms with E-state index in [9.17, 15) is 4.79 Å². The first-order valence-corrected chi connectivity index (χ1v) is 10.2. The van der Waals surface area contributed by atoms with Gasteiger partial charge in [-0.3, -0.25) is 0 Å². The average molecular weight is 408 g/mol. The third-order valence-electron chi connectivity index (χ3n) is 5.50. The Morgan fingerprint density at radius 3 is 2.33 bits per heavy atom. The van der Waals surface area contributed by atoms with E-state index >= 15 is 0 Å². The van der Waals surface area contributed by atoms with Gasteiger partial charge in [0.15, 0.2) is 0 Å². The van der Waals surface area contributed by atoms with Crippen LogP contribution < -0.4 is 10.2 Å². The SMILES string of the molecule is CCOC(=O)/C=C/c1cc(OCc2ccccc2)ccc1B1OC(C)(C)C(C)(C)O1. The molecule has 0 atom stereocenters. The molecule has 2 aromatic carbocycles. The molecule has 0 saturated carbocycles. The van der Waals surface area contributed by atoms with Crippen LogP contribution in [0.25, 0.3) is 6.08 Å². The second kappa shape index (κ2) is 9.06. The Labute approximate surface area is 179 Å². The third-order valence-corrected chi connectivity index (χ3v) is 5.50. The highest BCUT2D eigenvalue weighted by Gasteiger charge is 2.52. The van der Waals surface area contributed by atoms with Crippen LogP contribution in [0.15, 0.2) is 54.6 Å². The standard InChI is InChI=1S/C24H29BO5/c1-6-27-22(26)15-12-19-16-20(28-17-18-10-8-7-9-11-18)13-14-21(19)25-29-23(2,3)24(4,5)30-25/h7-16H,6,17H2,1-5H3/b15-12+. The molecular weight excluding hydrogens is 379 g/mol. The Morgan fingerprint density at radius 2 is 1.70 bits per heavy atom. The lowest BCUT2D eigenvalue weighted by Gasteiger charge is -2.32. The van der Waals surface area contributed by atoms with Crippen molar-refractivity contribution in [3.05, 3.63) is 65.7 Å². The Bertz CT molecular complexity index is 889. The van der Waals surface area contributed by atoms with E-state index in [0.29, 0.717) is 19.0 Å². The molecule has 0 N–H and O–H groups in total. The highest BCUT2D eigenvalue weighted by Crippen LogP contribution is 2.37. The van der Waals surface area contributed by atoms with Crippen LogP contribution in [0.2, 0.25) is 0 Å². The van der Waals surface area contributed by atoms with Gasteiger partial charge in [-0.25, -0.2) is 4.79 Å². The van der Waals surface area contributed by atoms with Crippen LogP contribution in [0.4, 0.5) is 0 Å². The number of esters is 1. The van der Waals surface area contributed by atoms with Gasteiger partial charge in [-0.1, -0.05) is 36.4 Å². The summed E-state index contributed by atoms with van der Waals surface area (Å²) in [6, 6.07) is 15.7. The fraction of sp³-hybridized carbons (Fsp3) is 0.375. The number of hydrogen-bond donors (Lipinski definition) is 0.